The molecule has 1 aliphatic heterocycles. The zero-order valence-corrected chi connectivity index (χ0v) is 9.79. The maximum atomic E-state index is 5.88. The molecule has 1 heterocycles. The minimum atomic E-state index is -0.136. The lowest BCUT2D eigenvalue weighted by atomic mass is 9.81. The fraction of sp³-hybridized carbons (Fsp3) is 0.385. The third-order valence-electron chi connectivity index (χ3n) is 2.95. The van der Waals surface area contributed by atoms with Crippen molar-refractivity contribution in [1.29, 1.82) is 0 Å². The van der Waals surface area contributed by atoms with Crippen LogP contribution in [0.15, 0.2) is 36.6 Å². The molecule has 1 aromatic carbocycles. The fourth-order valence-corrected chi connectivity index (χ4v) is 2.14. The molecule has 0 fully saturated rings. The standard InChI is InChI=1S/C13H15ClO/c1-13(2)12(4-3-9-15-13)10-5-7-11(14)8-6-10/h3,5-9,12H,4H2,1-2H3. The van der Waals surface area contributed by atoms with Crippen molar-refractivity contribution in [3.8, 4) is 0 Å². The van der Waals surface area contributed by atoms with Gasteiger partial charge in [-0.2, -0.15) is 0 Å². The van der Waals surface area contributed by atoms with Gasteiger partial charge in [0.15, 0.2) is 0 Å². The molecule has 1 aromatic rings. The molecule has 0 bridgehead atoms. The highest BCUT2D eigenvalue weighted by Crippen LogP contribution is 2.37. The predicted molar refractivity (Wildman–Crippen MR) is 63.1 cm³/mol. The molecule has 0 aromatic heterocycles. The van der Waals surface area contributed by atoms with Gasteiger partial charge < -0.3 is 4.74 Å². The number of ether oxygens (including phenoxy) is 1. The largest absolute Gasteiger partial charge is 0.495 e. The number of halogens is 1. The van der Waals surface area contributed by atoms with E-state index in [0.717, 1.165) is 11.4 Å². The second-order valence-corrected chi connectivity index (χ2v) is 4.87. The molecule has 15 heavy (non-hydrogen) atoms. The van der Waals surface area contributed by atoms with Gasteiger partial charge in [0.25, 0.3) is 0 Å². The van der Waals surface area contributed by atoms with Crippen LogP contribution >= 0.6 is 11.6 Å². The maximum Gasteiger partial charge on any atom is 0.110 e. The average molecular weight is 223 g/mol. The summed E-state index contributed by atoms with van der Waals surface area (Å²) >= 11 is 5.88. The van der Waals surface area contributed by atoms with Gasteiger partial charge in [0.2, 0.25) is 0 Å². The molecule has 80 valence electrons. The summed E-state index contributed by atoms with van der Waals surface area (Å²) in [5.41, 5.74) is 1.15. The van der Waals surface area contributed by atoms with Gasteiger partial charge in [-0.1, -0.05) is 23.7 Å². The number of hydrogen-bond donors (Lipinski definition) is 0. The molecular formula is C13H15ClO. The van der Waals surface area contributed by atoms with Crippen molar-refractivity contribution < 1.29 is 4.74 Å². The van der Waals surface area contributed by atoms with Crippen molar-refractivity contribution >= 4 is 11.6 Å². The first-order chi connectivity index (χ1) is 7.09. The third kappa shape index (κ3) is 2.18. The SMILES string of the molecule is CC1(C)OC=CCC1c1ccc(Cl)cc1. The van der Waals surface area contributed by atoms with Crippen LogP contribution in [-0.4, -0.2) is 5.60 Å². The molecule has 2 heteroatoms. The number of rotatable bonds is 1. The van der Waals surface area contributed by atoms with E-state index in [1.807, 2.05) is 12.1 Å². The zero-order valence-electron chi connectivity index (χ0n) is 9.03. The molecule has 1 unspecified atom stereocenters. The minimum absolute atomic E-state index is 0.136. The van der Waals surface area contributed by atoms with Crippen LogP contribution in [0.2, 0.25) is 5.02 Å². The van der Waals surface area contributed by atoms with Crippen LogP contribution in [0.25, 0.3) is 0 Å². The van der Waals surface area contributed by atoms with Crippen molar-refractivity contribution in [3.63, 3.8) is 0 Å². The summed E-state index contributed by atoms with van der Waals surface area (Å²) in [5, 5.41) is 0.781. The summed E-state index contributed by atoms with van der Waals surface area (Å²) in [7, 11) is 0. The molecule has 2 rings (SSSR count). The van der Waals surface area contributed by atoms with Crippen LogP contribution < -0.4 is 0 Å². The van der Waals surface area contributed by atoms with Gasteiger partial charge in [-0.05, 0) is 44.0 Å². The topological polar surface area (TPSA) is 9.23 Å². The van der Waals surface area contributed by atoms with E-state index >= 15 is 0 Å². The number of allylic oxidation sites excluding steroid dienone is 1. The van der Waals surface area contributed by atoms with Gasteiger partial charge in [-0.25, -0.2) is 0 Å². The smallest absolute Gasteiger partial charge is 0.110 e. The Morgan fingerprint density at radius 2 is 1.93 bits per heavy atom. The van der Waals surface area contributed by atoms with Crippen molar-refractivity contribution in [2.75, 3.05) is 0 Å². The Balaban J connectivity index is 2.30. The van der Waals surface area contributed by atoms with Gasteiger partial charge in [0.1, 0.15) is 5.60 Å². The van der Waals surface area contributed by atoms with E-state index in [1.165, 1.54) is 5.56 Å². The highest BCUT2D eigenvalue weighted by Gasteiger charge is 2.32. The Morgan fingerprint density at radius 3 is 2.53 bits per heavy atom. The Morgan fingerprint density at radius 1 is 1.27 bits per heavy atom. The summed E-state index contributed by atoms with van der Waals surface area (Å²) in [6.45, 7) is 4.24. The summed E-state index contributed by atoms with van der Waals surface area (Å²) < 4.78 is 5.65. The zero-order chi connectivity index (χ0) is 10.9. The van der Waals surface area contributed by atoms with E-state index in [4.69, 9.17) is 16.3 Å². The molecule has 0 saturated heterocycles. The van der Waals surface area contributed by atoms with Crippen LogP contribution in [0.3, 0.4) is 0 Å². The Hall–Kier alpha value is -0.950. The fourth-order valence-electron chi connectivity index (χ4n) is 2.01. The summed E-state index contributed by atoms with van der Waals surface area (Å²) in [5.74, 6) is 0.403. The molecule has 1 aliphatic rings. The van der Waals surface area contributed by atoms with Crippen LogP contribution in [-0.2, 0) is 4.74 Å². The Labute approximate surface area is 95.7 Å². The molecule has 0 amide bonds. The van der Waals surface area contributed by atoms with Gasteiger partial charge >= 0.3 is 0 Å². The lowest BCUT2D eigenvalue weighted by Crippen LogP contribution is -2.32. The molecule has 1 atom stereocenters. The van der Waals surface area contributed by atoms with E-state index in [1.54, 1.807) is 6.26 Å². The second kappa shape index (κ2) is 3.90. The second-order valence-electron chi connectivity index (χ2n) is 4.43. The molecule has 0 spiro atoms. The lowest BCUT2D eigenvalue weighted by molar-refractivity contribution is 0.0196. The highest BCUT2D eigenvalue weighted by atomic mass is 35.5. The Kier molecular flexibility index (Phi) is 2.74. The van der Waals surface area contributed by atoms with E-state index in [-0.39, 0.29) is 5.60 Å². The molecule has 0 aliphatic carbocycles. The van der Waals surface area contributed by atoms with Crippen LogP contribution in [0, 0.1) is 0 Å². The maximum absolute atomic E-state index is 5.88. The first-order valence-corrected chi connectivity index (χ1v) is 5.56. The van der Waals surface area contributed by atoms with E-state index in [2.05, 4.69) is 32.1 Å². The predicted octanol–water partition coefficient (Wildman–Crippen LogP) is 4.14. The van der Waals surface area contributed by atoms with Gasteiger partial charge in [0, 0.05) is 10.9 Å². The van der Waals surface area contributed by atoms with Gasteiger partial charge in [0.05, 0.1) is 6.26 Å². The summed E-state index contributed by atoms with van der Waals surface area (Å²) in [6.07, 6.45) is 4.89. The summed E-state index contributed by atoms with van der Waals surface area (Å²) in [4.78, 5) is 0. The van der Waals surface area contributed by atoms with Crippen LogP contribution in [0.1, 0.15) is 31.7 Å². The summed E-state index contributed by atoms with van der Waals surface area (Å²) in [6, 6.07) is 8.03. The number of hydrogen-bond acceptors (Lipinski definition) is 1. The van der Waals surface area contributed by atoms with Crippen molar-refractivity contribution in [3.05, 3.63) is 47.2 Å². The molecule has 1 nitrogen and oxygen atoms in total. The molecular weight excluding hydrogens is 208 g/mol. The van der Waals surface area contributed by atoms with Crippen LogP contribution in [0.5, 0.6) is 0 Å². The first-order valence-electron chi connectivity index (χ1n) is 5.18. The number of benzene rings is 1. The normalized spacial score (nSPS) is 23.5. The van der Waals surface area contributed by atoms with Crippen molar-refractivity contribution in [2.45, 2.75) is 31.8 Å². The highest BCUT2D eigenvalue weighted by molar-refractivity contribution is 6.30. The van der Waals surface area contributed by atoms with Crippen molar-refractivity contribution in [1.82, 2.24) is 0 Å². The third-order valence-corrected chi connectivity index (χ3v) is 3.20. The average Bonchev–Trinajstić information content (AvgIpc) is 2.19. The van der Waals surface area contributed by atoms with Gasteiger partial charge in [-0.3, -0.25) is 0 Å². The quantitative estimate of drug-likeness (QED) is 0.694. The Bertz CT molecular complexity index is 365. The van der Waals surface area contributed by atoms with E-state index < -0.39 is 0 Å². The molecule has 0 radical (unpaired) electrons. The van der Waals surface area contributed by atoms with E-state index in [0.29, 0.717) is 5.92 Å². The van der Waals surface area contributed by atoms with E-state index in [9.17, 15) is 0 Å². The van der Waals surface area contributed by atoms with Crippen molar-refractivity contribution in [2.24, 2.45) is 0 Å². The first kappa shape index (κ1) is 10.6. The lowest BCUT2D eigenvalue weighted by Gasteiger charge is -2.36. The van der Waals surface area contributed by atoms with Gasteiger partial charge in [-0.15, -0.1) is 0 Å². The van der Waals surface area contributed by atoms with Crippen LogP contribution in [0.4, 0.5) is 0 Å². The minimum Gasteiger partial charge on any atom is -0.495 e. The monoisotopic (exact) mass is 222 g/mol. The molecule has 0 N–H and O–H groups in total. The molecule has 0 saturated carbocycles.